The smallest absolute Gasteiger partial charge is 0.244 e. The van der Waals surface area contributed by atoms with E-state index in [2.05, 4.69) is 10.4 Å². The number of aromatic nitrogens is 2. The Labute approximate surface area is 159 Å². The summed E-state index contributed by atoms with van der Waals surface area (Å²) in [6.07, 6.45) is 3.36. The lowest BCUT2D eigenvalue weighted by molar-refractivity contribution is -0.116. The molecule has 0 saturated heterocycles. The van der Waals surface area contributed by atoms with Crippen molar-refractivity contribution in [2.24, 2.45) is 0 Å². The van der Waals surface area contributed by atoms with Gasteiger partial charge in [-0.2, -0.15) is 5.10 Å². The Morgan fingerprint density at radius 3 is 2.56 bits per heavy atom. The van der Waals surface area contributed by atoms with Gasteiger partial charge < -0.3 is 10.1 Å². The summed E-state index contributed by atoms with van der Waals surface area (Å²) in [7, 11) is 1.62. The predicted octanol–water partition coefficient (Wildman–Crippen LogP) is 3.83. The molecule has 0 bridgehead atoms. The molecule has 0 fully saturated rings. The zero-order valence-electron chi connectivity index (χ0n) is 15.8. The van der Waals surface area contributed by atoms with Crippen LogP contribution in [0.1, 0.15) is 22.5 Å². The maximum absolute atomic E-state index is 12.2. The van der Waals surface area contributed by atoms with E-state index < -0.39 is 0 Å². The van der Waals surface area contributed by atoms with E-state index in [0.29, 0.717) is 6.54 Å². The van der Waals surface area contributed by atoms with Crippen molar-refractivity contribution in [2.45, 2.75) is 20.4 Å². The highest BCUT2D eigenvalue weighted by molar-refractivity contribution is 5.92. The minimum absolute atomic E-state index is 0.160. The number of hydrogen-bond acceptors (Lipinski definition) is 3. The lowest BCUT2D eigenvalue weighted by Crippen LogP contribution is -2.20. The van der Waals surface area contributed by atoms with Gasteiger partial charge in [-0.1, -0.05) is 36.4 Å². The average molecular weight is 361 g/mol. The van der Waals surface area contributed by atoms with Gasteiger partial charge in [0.05, 0.1) is 18.5 Å². The SMILES string of the molecule is COc1ccccc1CNC(=O)/C=C/c1c(C)nn(-c2ccccc2)c1C. The summed E-state index contributed by atoms with van der Waals surface area (Å²) in [5, 5.41) is 7.48. The zero-order valence-corrected chi connectivity index (χ0v) is 15.8. The van der Waals surface area contributed by atoms with Crippen LogP contribution in [-0.2, 0) is 11.3 Å². The van der Waals surface area contributed by atoms with Crippen molar-refractivity contribution < 1.29 is 9.53 Å². The number of amides is 1. The number of carbonyl (C=O) groups excluding carboxylic acids is 1. The third kappa shape index (κ3) is 4.26. The van der Waals surface area contributed by atoms with Crippen LogP contribution in [0.4, 0.5) is 0 Å². The van der Waals surface area contributed by atoms with E-state index in [0.717, 1.165) is 34.0 Å². The highest BCUT2D eigenvalue weighted by Gasteiger charge is 2.11. The number of benzene rings is 2. The van der Waals surface area contributed by atoms with Gasteiger partial charge >= 0.3 is 0 Å². The molecule has 3 rings (SSSR count). The number of carbonyl (C=O) groups is 1. The van der Waals surface area contributed by atoms with Crippen LogP contribution in [-0.4, -0.2) is 22.8 Å². The van der Waals surface area contributed by atoms with Gasteiger partial charge in [0, 0.05) is 29.4 Å². The highest BCUT2D eigenvalue weighted by Crippen LogP contribution is 2.19. The molecule has 27 heavy (non-hydrogen) atoms. The van der Waals surface area contributed by atoms with Crippen molar-refractivity contribution in [2.75, 3.05) is 7.11 Å². The molecule has 0 saturated carbocycles. The largest absolute Gasteiger partial charge is 0.496 e. The number of nitrogens with one attached hydrogen (secondary N) is 1. The van der Waals surface area contributed by atoms with Crippen molar-refractivity contribution in [3.8, 4) is 11.4 Å². The molecule has 2 aromatic carbocycles. The first-order valence-corrected chi connectivity index (χ1v) is 8.79. The number of hydrogen-bond donors (Lipinski definition) is 1. The van der Waals surface area contributed by atoms with Crippen molar-refractivity contribution in [1.29, 1.82) is 0 Å². The van der Waals surface area contributed by atoms with E-state index in [4.69, 9.17) is 4.74 Å². The number of aryl methyl sites for hydroxylation is 1. The monoisotopic (exact) mass is 361 g/mol. The van der Waals surface area contributed by atoms with Crippen molar-refractivity contribution in [3.05, 3.63) is 83.2 Å². The molecule has 5 nitrogen and oxygen atoms in total. The van der Waals surface area contributed by atoms with Crippen LogP contribution in [0.15, 0.2) is 60.7 Å². The molecule has 0 radical (unpaired) electrons. The Hall–Kier alpha value is -3.34. The lowest BCUT2D eigenvalue weighted by atomic mass is 10.1. The molecule has 5 heteroatoms. The van der Waals surface area contributed by atoms with Gasteiger partial charge in [-0.15, -0.1) is 0 Å². The normalized spacial score (nSPS) is 10.9. The predicted molar refractivity (Wildman–Crippen MR) is 107 cm³/mol. The van der Waals surface area contributed by atoms with Gasteiger partial charge in [0.25, 0.3) is 0 Å². The first kappa shape index (κ1) is 18.5. The minimum atomic E-state index is -0.160. The maximum atomic E-state index is 12.2. The van der Waals surface area contributed by atoms with E-state index >= 15 is 0 Å². The Kier molecular flexibility index (Phi) is 5.71. The van der Waals surface area contributed by atoms with E-state index in [1.165, 1.54) is 0 Å². The number of para-hydroxylation sites is 2. The Bertz CT molecular complexity index is 959. The van der Waals surface area contributed by atoms with Gasteiger partial charge in [-0.3, -0.25) is 4.79 Å². The van der Waals surface area contributed by atoms with Gasteiger partial charge in [0.2, 0.25) is 5.91 Å². The molecule has 0 aliphatic rings. The summed E-state index contributed by atoms with van der Waals surface area (Å²) in [5.41, 5.74) is 4.76. The second-order valence-corrected chi connectivity index (χ2v) is 6.19. The van der Waals surface area contributed by atoms with E-state index in [1.54, 1.807) is 13.2 Å². The van der Waals surface area contributed by atoms with E-state index in [1.807, 2.05) is 79.2 Å². The second-order valence-electron chi connectivity index (χ2n) is 6.19. The summed E-state index contributed by atoms with van der Waals surface area (Å²) < 4.78 is 7.19. The first-order valence-electron chi connectivity index (χ1n) is 8.79. The van der Waals surface area contributed by atoms with Gasteiger partial charge in [-0.25, -0.2) is 4.68 Å². The Balaban J connectivity index is 1.71. The molecule has 1 N–H and O–H groups in total. The fraction of sp³-hybridized carbons (Fsp3) is 0.182. The van der Waals surface area contributed by atoms with E-state index in [9.17, 15) is 4.79 Å². The zero-order chi connectivity index (χ0) is 19.2. The third-order valence-corrected chi connectivity index (χ3v) is 4.40. The lowest BCUT2D eigenvalue weighted by Gasteiger charge is -2.08. The topological polar surface area (TPSA) is 56.1 Å². The van der Waals surface area contributed by atoms with Crippen molar-refractivity contribution in [1.82, 2.24) is 15.1 Å². The van der Waals surface area contributed by atoms with Gasteiger partial charge in [0.15, 0.2) is 0 Å². The average Bonchev–Trinajstić information content (AvgIpc) is 2.99. The number of ether oxygens (including phenoxy) is 1. The van der Waals surface area contributed by atoms with Crippen LogP contribution in [0.25, 0.3) is 11.8 Å². The van der Waals surface area contributed by atoms with Gasteiger partial charge in [0.1, 0.15) is 5.75 Å². The standard InChI is InChI=1S/C22H23N3O2/c1-16-20(17(2)25(24-16)19-10-5-4-6-11-19)13-14-22(26)23-15-18-9-7-8-12-21(18)27-3/h4-14H,15H2,1-3H3,(H,23,26)/b14-13+. The quantitative estimate of drug-likeness (QED) is 0.679. The molecule has 138 valence electrons. The van der Waals surface area contributed by atoms with Crippen molar-refractivity contribution >= 4 is 12.0 Å². The van der Waals surface area contributed by atoms with Crippen LogP contribution >= 0.6 is 0 Å². The Morgan fingerprint density at radius 1 is 1.11 bits per heavy atom. The summed E-state index contributed by atoms with van der Waals surface area (Å²) in [5.74, 6) is 0.602. The minimum Gasteiger partial charge on any atom is -0.496 e. The van der Waals surface area contributed by atoms with E-state index in [-0.39, 0.29) is 5.91 Å². The van der Waals surface area contributed by atoms with Crippen LogP contribution in [0.5, 0.6) is 5.75 Å². The molecule has 0 unspecified atom stereocenters. The van der Waals surface area contributed by atoms with Crippen molar-refractivity contribution in [3.63, 3.8) is 0 Å². The fourth-order valence-electron chi connectivity index (χ4n) is 2.97. The fourth-order valence-corrected chi connectivity index (χ4v) is 2.97. The first-order chi connectivity index (χ1) is 13.1. The van der Waals surface area contributed by atoms with Crippen LogP contribution in [0, 0.1) is 13.8 Å². The molecule has 0 aliphatic carbocycles. The number of methoxy groups -OCH3 is 1. The molecule has 1 amide bonds. The number of nitrogens with zero attached hydrogens (tertiary/aromatic N) is 2. The second kappa shape index (κ2) is 8.36. The molecule has 0 atom stereocenters. The summed E-state index contributed by atoms with van der Waals surface area (Å²) in [6.45, 7) is 4.35. The molecule has 0 spiro atoms. The summed E-state index contributed by atoms with van der Waals surface area (Å²) >= 11 is 0. The maximum Gasteiger partial charge on any atom is 0.244 e. The summed E-state index contributed by atoms with van der Waals surface area (Å²) in [4.78, 5) is 12.2. The molecule has 3 aromatic rings. The molecular weight excluding hydrogens is 338 g/mol. The third-order valence-electron chi connectivity index (χ3n) is 4.40. The molecular formula is C22H23N3O2. The Morgan fingerprint density at radius 2 is 1.81 bits per heavy atom. The molecule has 1 heterocycles. The highest BCUT2D eigenvalue weighted by atomic mass is 16.5. The number of rotatable bonds is 6. The molecule has 1 aromatic heterocycles. The van der Waals surface area contributed by atoms with Crippen LogP contribution in [0.2, 0.25) is 0 Å². The van der Waals surface area contributed by atoms with Gasteiger partial charge in [-0.05, 0) is 38.1 Å². The molecule has 0 aliphatic heterocycles. The summed E-state index contributed by atoms with van der Waals surface area (Å²) in [6, 6.07) is 17.6. The van der Waals surface area contributed by atoms with Crippen LogP contribution in [0.3, 0.4) is 0 Å². The van der Waals surface area contributed by atoms with Crippen LogP contribution < -0.4 is 10.1 Å².